The largest absolute Gasteiger partial charge is 0.478 e. The van der Waals surface area contributed by atoms with Crippen molar-refractivity contribution in [3.05, 3.63) is 11.1 Å². The molecule has 0 fully saturated rings. The Morgan fingerprint density at radius 1 is 1.16 bits per heavy atom. The second-order valence-corrected chi connectivity index (χ2v) is 3.82. The van der Waals surface area contributed by atoms with E-state index in [1.165, 1.54) is 13.8 Å². The van der Waals surface area contributed by atoms with Crippen LogP contribution in [0.1, 0.15) is 27.2 Å². The molecule has 108 valence electrons. The van der Waals surface area contributed by atoms with Crippen molar-refractivity contribution in [2.24, 2.45) is 0 Å². The van der Waals surface area contributed by atoms with Crippen LogP contribution in [-0.4, -0.2) is 42.8 Å². The number of urea groups is 1. The van der Waals surface area contributed by atoms with Crippen molar-refractivity contribution >= 4 is 17.9 Å². The molecular weight excluding hydrogens is 252 g/mol. The SMILES string of the molecule is CCOCCCNC(=O)NC(=O)C(C)=C(C)C(=O)O. The summed E-state index contributed by atoms with van der Waals surface area (Å²) in [6.45, 7) is 6.04. The van der Waals surface area contributed by atoms with Gasteiger partial charge in [0.25, 0.3) is 5.91 Å². The van der Waals surface area contributed by atoms with Crippen LogP contribution < -0.4 is 10.6 Å². The maximum absolute atomic E-state index is 11.5. The van der Waals surface area contributed by atoms with Gasteiger partial charge in [-0.05, 0) is 27.2 Å². The molecule has 7 nitrogen and oxygen atoms in total. The summed E-state index contributed by atoms with van der Waals surface area (Å²) >= 11 is 0. The number of hydrogen-bond donors (Lipinski definition) is 3. The summed E-state index contributed by atoms with van der Waals surface area (Å²) in [6.07, 6.45) is 0.637. The number of nitrogens with one attached hydrogen (secondary N) is 2. The van der Waals surface area contributed by atoms with Crippen molar-refractivity contribution in [2.45, 2.75) is 27.2 Å². The standard InChI is InChI=1S/C12H20N2O5/c1-4-19-7-5-6-13-12(18)14-10(15)8(2)9(3)11(16)17/h4-7H2,1-3H3,(H,16,17)(H2,13,14,15,18). The van der Waals surface area contributed by atoms with Gasteiger partial charge >= 0.3 is 12.0 Å². The smallest absolute Gasteiger partial charge is 0.331 e. The topological polar surface area (TPSA) is 105 Å². The van der Waals surface area contributed by atoms with E-state index >= 15 is 0 Å². The molecule has 0 aromatic rings. The Kier molecular flexibility index (Phi) is 8.19. The van der Waals surface area contributed by atoms with E-state index in [9.17, 15) is 14.4 Å². The molecule has 19 heavy (non-hydrogen) atoms. The van der Waals surface area contributed by atoms with Crippen LogP contribution in [0.3, 0.4) is 0 Å². The van der Waals surface area contributed by atoms with E-state index in [1.807, 2.05) is 6.92 Å². The van der Waals surface area contributed by atoms with Crippen LogP contribution in [0.2, 0.25) is 0 Å². The first-order valence-electron chi connectivity index (χ1n) is 5.97. The lowest BCUT2D eigenvalue weighted by atomic mass is 10.1. The normalized spacial score (nSPS) is 11.5. The Morgan fingerprint density at radius 2 is 1.79 bits per heavy atom. The minimum atomic E-state index is -1.19. The van der Waals surface area contributed by atoms with E-state index in [0.717, 1.165) is 0 Å². The van der Waals surface area contributed by atoms with Crippen LogP contribution >= 0.6 is 0 Å². The number of ether oxygens (including phenoxy) is 1. The van der Waals surface area contributed by atoms with Crippen molar-refractivity contribution < 1.29 is 24.2 Å². The summed E-state index contributed by atoms with van der Waals surface area (Å²) in [5.41, 5.74) is -0.0985. The van der Waals surface area contributed by atoms with Gasteiger partial charge in [0, 0.05) is 30.9 Å². The quantitative estimate of drug-likeness (QED) is 0.466. The number of aliphatic carboxylic acids is 1. The van der Waals surface area contributed by atoms with Crippen LogP contribution in [-0.2, 0) is 14.3 Å². The minimum Gasteiger partial charge on any atom is -0.478 e. The number of carbonyl (C=O) groups excluding carboxylic acids is 2. The van der Waals surface area contributed by atoms with E-state index in [1.54, 1.807) is 0 Å². The molecule has 0 bridgehead atoms. The molecule has 0 saturated heterocycles. The van der Waals surface area contributed by atoms with Gasteiger partial charge in [-0.3, -0.25) is 10.1 Å². The highest BCUT2D eigenvalue weighted by molar-refractivity contribution is 6.07. The monoisotopic (exact) mass is 272 g/mol. The summed E-state index contributed by atoms with van der Waals surface area (Å²) in [6, 6.07) is -0.654. The molecule has 0 heterocycles. The first-order valence-corrected chi connectivity index (χ1v) is 5.97. The summed E-state index contributed by atoms with van der Waals surface area (Å²) in [5.74, 6) is -1.91. The zero-order chi connectivity index (χ0) is 14.8. The molecule has 0 aliphatic heterocycles. The fourth-order valence-electron chi connectivity index (χ4n) is 1.09. The Bertz CT molecular complexity index is 376. The molecule has 3 N–H and O–H groups in total. The van der Waals surface area contributed by atoms with Crippen molar-refractivity contribution in [3.63, 3.8) is 0 Å². The summed E-state index contributed by atoms with van der Waals surface area (Å²) < 4.78 is 5.08. The number of carboxylic acid groups (broad SMARTS) is 1. The lowest BCUT2D eigenvalue weighted by molar-refractivity contribution is -0.133. The third-order valence-corrected chi connectivity index (χ3v) is 2.41. The Balaban J connectivity index is 4.10. The first kappa shape index (κ1) is 17.1. The lowest BCUT2D eigenvalue weighted by Gasteiger charge is -2.07. The van der Waals surface area contributed by atoms with Crippen molar-refractivity contribution in [1.29, 1.82) is 0 Å². The fraction of sp³-hybridized carbons (Fsp3) is 0.583. The second kappa shape index (κ2) is 9.09. The molecule has 0 saturated carbocycles. The maximum atomic E-state index is 11.5. The molecule has 0 aliphatic carbocycles. The molecule has 3 amide bonds. The molecule has 0 rings (SSSR count). The van der Waals surface area contributed by atoms with Crippen LogP contribution in [0.5, 0.6) is 0 Å². The number of imide groups is 1. The van der Waals surface area contributed by atoms with E-state index < -0.39 is 17.9 Å². The Hall–Kier alpha value is -1.89. The third kappa shape index (κ3) is 7.20. The molecule has 0 aromatic heterocycles. The zero-order valence-corrected chi connectivity index (χ0v) is 11.4. The van der Waals surface area contributed by atoms with Crippen LogP contribution in [0.25, 0.3) is 0 Å². The fourth-order valence-corrected chi connectivity index (χ4v) is 1.09. The average molecular weight is 272 g/mol. The Labute approximate surface area is 112 Å². The van der Waals surface area contributed by atoms with Crippen LogP contribution in [0.15, 0.2) is 11.1 Å². The summed E-state index contributed by atoms with van der Waals surface area (Å²) in [5, 5.41) is 13.2. The average Bonchev–Trinajstić information content (AvgIpc) is 2.36. The van der Waals surface area contributed by atoms with Crippen LogP contribution in [0.4, 0.5) is 4.79 Å². The van der Waals surface area contributed by atoms with Gasteiger partial charge in [0.1, 0.15) is 0 Å². The predicted molar refractivity (Wildman–Crippen MR) is 68.7 cm³/mol. The molecule has 0 spiro atoms. The van der Waals surface area contributed by atoms with Gasteiger partial charge in [0.2, 0.25) is 0 Å². The van der Waals surface area contributed by atoms with Gasteiger partial charge in [-0.15, -0.1) is 0 Å². The predicted octanol–water partition coefficient (Wildman–Crippen LogP) is 0.660. The van der Waals surface area contributed by atoms with Crippen LogP contribution in [0, 0.1) is 0 Å². The highest BCUT2D eigenvalue weighted by Gasteiger charge is 2.14. The van der Waals surface area contributed by atoms with Gasteiger partial charge in [-0.25, -0.2) is 9.59 Å². The number of carbonyl (C=O) groups is 3. The molecule has 0 atom stereocenters. The van der Waals surface area contributed by atoms with Gasteiger partial charge in [-0.2, -0.15) is 0 Å². The lowest BCUT2D eigenvalue weighted by Crippen LogP contribution is -2.40. The van der Waals surface area contributed by atoms with E-state index in [-0.39, 0.29) is 11.1 Å². The summed E-state index contributed by atoms with van der Waals surface area (Å²) in [7, 11) is 0. The molecule has 0 radical (unpaired) electrons. The number of hydrogen-bond acceptors (Lipinski definition) is 4. The van der Waals surface area contributed by atoms with Gasteiger partial charge in [0.05, 0.1) is 0 Å². The maximum Gasteiger partial charge on any atom is 0.331 e. The Morgan fingerprint density at radius 3 is 2.32 bits per heavy atom. The molecule has 0 unspecified atom stereocenters. The van der Waals surface area contributed by atoms with Crippen molar-refractivity contribution in [1.82, 2.24) is 10.6 Å². The number of carboxylic acids is 1. The number of amides is 3. The van der Waals surface area contributed by atoms with Crippen molar-refractivity contribution in [2.75, 3.05) is 19.8 Å². The molecular formula is C12H20N2O5. The molecule has 0 aromatic carbocycles. The van der Waals surface area contributed by atoms with Gasteiger partial charge in [0.15, 0.2) is 0 Å². The van der Waals surface area contributed by atoms with Gasteiger partial charge in [-0.1, -0.05) is 0 Å². The minimum absolute atomic E-state index is 0.00281. The highest BCUT2D eigenvalue weighted by atomic mass is 16.5. The summed E-state index contributed by atoms with van der Waals surface area (Å²) in [4.78, 5) is 33.5. The second-order valence-electron chi connectivity index (χ2n) is 3.82. The number of rotatable bonds is 7. The zero-order valence-electron chi connectivity index (χ0n) is 11.4. The van der Waals surface area contributed by atoms with Gasteiger partial charge < -0.3 is 15.2 Å². The first-order chi connectivity index (χ1) is 8.90. The van der Waals surface area contributed by atoms with E-state index in [0.29, 0.717) is 26.2 Å². The molecule has 0 aliphatic rings. The van der Waals surface area contributed by atoms with E-state index in [2.05, 4.69) is 10.6 Å². The molecule has 7 heteroatoms. The highest BCUT2D eigenvalue weighted by Crippen LogP contribution is 2.03. The van der Waals surface area contributed by atoms with Crippen molar-refractivity contribution in [3.8, 4) is 0 Å². The van der Waals surface area contributed by atoms with E-state index in [4.69, 9.17) is 9.84 Å². The third-order valence-electron chi connectivity index (χ3n) is 2.41.